The molecule has 0 radical (unpaired) electrons. The smallest absolute Gasteiger partial charge is 0.303 e. The van der Waals surface area contributed by atoms with E-state index in [1.54, 1.807) is 7.11 Å². The van der Waals surface area contributed by atoms with Gasteiger partial charge >= 0.3 is 5.97 Å². The van der Waals surface area contributed by atoms with Crippen LogP contribution in [0.25, 0.3) is 0 Å². The molecule has 100 valence electrons. The van der Waals surface area contributed by atoms with Crippen molar-refractivity contribution < 1.29 is 14.6 Å². The van der Waals surface area contributed by atoms with Crippen LogP contribution in [0.2, 0.25) is 0 Å². The Hall–Kier alpha value is -0.610. The van der Waals surface area contributed by atoms with Gasteiger partial charge in [-0.25, -0.2) is 0 Å². The summed E-state index contributed by atoms with van der Waals surface area (Å²) in [6, 6.07) is 0. The molecule has 0 atom stereocenters. The van der Waals surface area contributed by atoms with Crippen LogP contribution in [0.3, 0.4) is 0 Å². The monoisotopic (exact) mass is 243 g/mol. The molecular formula is C13H25NO3. The Balaban J connectivity index is 1.89. The second kappa shape index (κ2) is 7.67. The Bertz CT molecular complexity index is 227. The van der Waals surface area contributed by atoms with Crippen molar-refractivity contribution in [3.05, 3.63) is 0 Å². The molecule has 4 heteroatoms. The molecule has 1 aliphatic carbocycles. The molecule has 2 N–H and O–H groups in total. The number of carboxylic acids is 1. The molecule has 0 spiro atoms. The zero-order valence-electron chi connectivity index (χ0n) is 10.8. The summed E-state index contributed by atoms with van der Waals surface area (Å²) in [5, 5.41) is 12.0. The predicted molar refractivity (Wildman–Crippen MR) is 67.1 cm³/mol. The highest BCUT2D eigenvalue weighted by Crippen LogP contribution is 2.48. The number of rotatable bonds is 11. The summed E-state index contributed by atoms with van der Waals surface area (Å²) in [6.07, 6.45) is 6.99. The second-order valence-electron chi connectivity index (χ2n) is 5.12. The van der Waals surface area contributed by atoms with Crippen molar-refractivity contribution in [3.8, 4) is 0 Å². The number of methoxy groups -OCH3 is 1. The Morgan fingerprint density at radius 2 is 2.12 bits per heavy atom. The number of aliphatic carboxylic acids is 1. The highest BCUT2D eigenvalue weighted by molar-refractivity contribution is 5.66. The van der Waals surface area contributed by atoms with Gasteiger partial charge in [-0.2, -0.15) is 0 Å². The normalized spacial score (nSPS) is 17.0. The lowest BCUT2D eigenvalue weighted by molar-refractivity contribution is -0.137. The van der Waals surface area contributed by atoms with Crippen molar-refractivity contribution in [3.63, 3.8) is 0 Å². The minimum atomic E-state index is -0.686. The molecule has 0 aliphatic heterocycles. The van der Waals surface area contributed by atoms with Gasteiger partial charge < -0.3 is 15.2 Å². The lowest BCUT2D eigenvalue weighted by Crippen LogP contribution is -2.25. The van der Waals surface area contributed by atoms with Crippen LogP contribution in [-0.2, 0) is 9.53 Å². The molecule has 0 unspecified atom stereocenters. The van der Waals surface area contributed by atoms with E-state index < -0.39 is 5.97 Å². The number of ether oxygens (including phenoxy) is 1. The first kappa shape index (κ1) is 14.5. The van der Waals surface area contributed by atoms with E-state index in [1.165, 1.54) is 12.8 Å². The number of nitrogens with one attached hydrogen (secondary N) is 1. The SMILES string of the molecule is COCCC1(CNCCCCCC(=O)O)CC1. The van der Waals surface area contributed by atoms with Crippen LogP contribution in [-0.4, -0.2) is 37.9 Å². The fraction of sp³-hybridized carbons (Fsp3) is 0.923. The van der Waals surface area contributed by atoms with Crippen LogP contribution in [0.15, 0.2) is 0 Å². The Labute approximate surface area is 104 Å². The van der Waals surface area contributed by atoms with Gasteiger partial charge in [0.05, 0.1) is 0 Å². The van der Waals surface area contributed by atoms with Crippen molar-refractivity contribution in [1.29, 1.82) is 0 Å². The average Bonchev–Trinajstić information content (AvgIpc) is 3.05. The lowest BCUT2D eigenvalue weighted by atomic mass is 10.0. The maximum atomic E-state index is 10.3. The molecule has 0 amide bonds. The molecular weight excluding hydrogens is 218 g/mol. The first-order valence-corrected chi connectivity index (χ1v) is 6.60. The highest BCUT2D eigenvalue weighted by Gasteiger charge is 2.41. The summed E-state index contributed by atoms with van der Waals surface area (Å²) >= 11 is 0. The average molecular weight is 243 g/mol. The minimum absolute atomic E-state index is 0.303. The van der Waals surface area contributed by atoms with Crippen LogP contribution in [0, 0.1) is 5.41 Å². The number of unbranched alkanes of at least 4 members (excludes halogenated alkanes) is 2. The number of carbonyl (C=O) groups is 1. The van der Waals surface area contributed by atoms with Gasteiger partial charge in [0.25, 0.3) is 0 Å². The topological polar surface area (TPSA) is 58.6 Å². The highest BCUT2D eigenvalue weighted by atomic mass is 16.5. The van der Waals surface area contributed by atoms with Crippen LogP contribution < -0.4 is 5.32 Å². The molecule has 0 saturated heterocycles. The van der Waals surface area contributed by atoms with E-state index in [2.05, 4.69) is 5.32 Å². The molecule has 0 aromatic heterocycles. The van der Waals surface area contributed by atoms with Gasteiger partial charge in [0.2, 0.25) is 0 Å². The predicted octanol–water partition coefficient (Wildman–Crippen LogP) is 2.04. The van der Waals surface area contributed by atoms with Gasteiger partial charge in [0.1, 0.15) is 0 Å². The molecule has 0 aromatic carbocycles. The van der Waals surface area contributed by atoms with Gasteiger partial charge in [-0.1, -0.05) is 6.42 Å². The number of hydrogen-bond donors (Lipinski definition) is 2. The number of hydrogen-bond acceptors (Lipinski definition) is 3. The molecule has 1 aliphatic rings. The Morgan fingerprint density at radius 1 is 1.35 bits per heavy atom. The van der Waals surface area contributed by atoms with Crippen molar-refractivity contribution in [2.24, 2.45) is 5.41 Å². The fourth-order valence-electron chi connectivity index (χ4n) is 2.07. The van der Waals surface area contributed by atoms with Gasteiger partial charge in [0.15, 0.2) is 0 Å². The van der Waals surface area contributed by atoms with E-state index in [0.717, 1.165) is 45.4 Å². The summed E-state index contributed by atoms with van der Waals surface area (Å²) in [6.45, 7) is 2.96. The lowest BCUT2D eigenvalue weighted by Gasteiger charge is -2.15. The van der Waals surface area contributed by atoms with Crippen molar-refractivity contribution in [2.45, 2.75) is 44.9 Å². The van der Waals surface area contributed by atoms with Crippen LogP contribution in [0.4, 0.5) is 0 Å². The zero-order valence-corrected chi connectivity index (χ0v) is 10.8. The van der Waals surface area contributed by atoms with E-state index in [4.69, 9.17) is 9.84 Å². The Kier molecular flexibility index (Phi) is 6.52. The third-order valence-electron chi connectivity index (χ3n) is 3.54. The van der Waals surface area contributed by atoms with Crippen LogP contribution in [0.5, 0.6) is 0 Å². The maximum Gasteiger partial charge on any atom is 0.303 e. The molecule has 0 heterocycles. The van der Waals surface area contributed by atoms with Crippen molar-refractivity contribution >= 4 is 5.97 Å². The number of carboxylic acid groups (broad SMARTS) is 1. The summed E-state index contributed by atoms with van der Waals surface area (Å²) in [7, 11) is 1.76. The summed E-state index contributed by atoms with van der Waals surface area (Å²) < 4.78 is 5.12. The summed E-state index contributed by atoms with van der Waals surface area (Å²) in [4.78, 5) is 10.3. The van der Waals surface area contributed by atoms with E-state index >= 15 is 0 Å². The van der Waals surface area contributed by atoms with Gasteiger partial charge in [-0.3, -0.25) is 4.79 Å². The van der Waals surface area contributed by atoms with E-state index in [-0.39, 0.29) is 0 Å². The van der Waals surface area contributed by atoms with Gasteiger partial charge in [-0.05, 0) is 44.1 Å². The van der Waals surface area contributed by atoms with E-state index in [1.807, 2.05) is 0 Å². The molecule has 0 bridgehead atoms. The second-order valence-corrected chi connectivity index (χ2v) is 5.12. The molecule has 4 nitrogen and oxygen atoms in total. The largest absolute Gasteiger partial charge is 0.481 e. The molecule has 0 aromatic rings. The van der Waals surface area contributed by atoms with E-state index in [9.17, 15) is 4.79 Å². The summed E-state index contributed by atoms with van der Waals surface area (Å²) in [5.74, 6) is -0.686. The van der Waals surface area contributed by atoms with Crippen molar-refractivity contribution in [1.82, 2.24) is 5.32 Å². The molecule has 1 saturated carbocycles. The van der Waals surface area contributed by atoms with Crippen LogP contribution >= 0.6 is 0 Å². The minimum Gasteiger partial charge on any atom is -0.481 e. The molecule has 1 rings (SSSR count). The molecule has 17 heavy (non-hydrogen) atoms. The van der Waals surface area contributed by atoms with Gasteiger partial charge in [-0.15, -0.1) is 0 Å². The first-order chi connectivity index (χ1) is 8.18. The quantitative estimate of drug-likeness (QED) is 0.545. The summed E-state index contributed by atoms with van der Waals surface area (Å²) in [5.41, 5.74) is 0.511. The third-order valence-corrected chi connectivity index (χ3v) is 3.54. The van der Waals surface area contributed by atoms with Gasteiger partial charge in [0, 0.05) is 26.7 Å². The van der Waals surface area contributed by atoms with Crippen molar-refractivity contribution in [2.75, 3.05) is 26.8 Å². The van der Waals surface area contributed by atoms with Crippen LogP contribution in [0.1, 0.15) is 44.9 Å². The maximum absolute atomic E-state index is 10.3. The first-order valence-electron chi connectivity index (χ1n) is 6.60. The fourth-order valence-corrected chi connectivity index (χ4v) is 2.07. The standard InChI is InChI=1S/C13H25NO3/c1-17-10-8-13(6-7-13)11-14-9-4-2-3-5-12(15)16/h14H,2-11H2,1H3,(H,15,16). The molecule has 1 fully saturated rings. The Morgan fingerprint density at radius 3 is 2.71 bits per heavy atom. The zero-order chi connectivity index (χ0) is 12.6. The van der Waals surface area contributed by atoms with E-state index in [0.29, 0.717) is 11.8 Å². The third kappa shape index (κ3) is 6.64.